The number of ether oxygens (including phenoxy) is 5. The van der Waals surface area contributed by atoms with Crippen molar-refractivity contribution in [1.82, 2.24) is 0 Å². The Morgan fingerprint density at radius 2 is 1.74 bits per heavy atom. The number of Topliss-reactive ketones (excluding diaryl/α,β-unsaturated/α-hetero) is 1. The SMILES string of the molecule is C=C1C(=O)[C@]23[C@H](OC(=O)/C=C/c4cc(OC)c(OC)c(OC)c4)[C@H]1CC[C@H]2[C@@]12CO[C@]3(O)[C@@H](O)[C@@H]1C(C)(C)CC[C@@H]2O. The topological polar surface area (TPSA) is 141 Å². The fraction of sp³-hybridized carbons (Fsp3) is 0.625. The van der Waals surface area contributed by atoms with Gasteiger partial charge in [-0.1, -0.05) is 20.4 Å². The van der Waals surface area contributed by atoms with Crippen molar-refractivity contribution in [3.8, 4) is 17.2 Å². The summed E-state index contributed by atoms with van der Waals surface area (Å²) in [5.41, 5.74) is -2.38. The number of carbonyl (C=O) groups excluding carboxylic acids is 2. The van der Waals surface area contributed by atoms with Crippen molar-refractivity contribution in [2.75, 3.05) is 27.9 Å². The first-order valence-corrected chi connectivity index (χ1v) is 14.5. The highest BCUT2D eigenvalue weighted by molar-refractivity contribution is 6.05. The van der Waals surface area contributed by atoms with Gasteiger partial charge in [-0.3, -0.25) is 4.79 Å². The van der Waals surface area contributed by atoms with Crippen molar-refractivity contribution in [3.05, 3.63) is 35.9 Å². The van der Waals surface area contributed by atoms with E-state index in [4.69, 9.17) is 23.7 Å². The van der Waals surface area contributed by atoms with E-state index >= 15 is 0 Å². The number of fused-ring (bicyclic) bond motifs is 2. The minimum Gasteiger partial charge on any atom is -0.493 e. The lowest BCUT2D eigenvalue weighted by atomic mass is 9.35. The van der Waals surface area contributed by atoms with Crippen LogP contribution in [0.5, 0.6) is 17.2 Å². The summed E-state index contributed by atoms with van der Waals surface area (Å²) in [6.07, 6.45) is 1.44. The summed E-state index contributed by atoms with van der Waals surface area (Å²) in [6.45, 7) is 8.11. The Bertz CT molecular complexity index is 1340. The number of ketones is 1. The van der Waals surface area contributed by atoms with Crippen LogP contribution in [0.1, 0.15) is 45.1 Å². The van der Waals surface area contributed by atoms with Crippen LogP contribution >= 0.6 is 0 Å². The molecule has 10 nitrogen and oxygen atoms in total. The van der Waals surface area contributed by atoms with Gasteiger partial charge in [0.1, 0.15) is 17.6 Å². The van der Waals surface area contributed by atoms with Crippen LogP contribution in [0.2, 0.25) is 0 Å². The lowest BCUT2D eigenvalue weighted by Gasteiger charge is -2.74. The van der Waals surface area contributed by atoms with Gasteiger partial charge >= 0.3 is 5.97 Å². The highest BCUT2D eigenvalue weighted by atomic mass is 16.6. The lowest BCUT2D eigenvalue weighted by Crippen LogP contribution is -2.85. The van der Waals surface area contributed by atoms with E-state index in [2.05, 4.69) is 6.58 Å². The minimum absolute atomic E-state index is 0.00830. The Kier molecular flexibility index (Phi) is 6.63. The van der Waals surface area contributed by atoms with E-state index < -0.39 is 69.9 Å². The second kappa shape index (κ2) is 9.54. The molecular formula is C32H40O10. The third-order valence-electron chi connectivity index (χ3n) is 11.2. The number of carbonyl (C=O) groups is 2. The first kappa shape index (κ1) is 29.2. The quantitative estimate of drug-likeness (QED) is 0.338. The first-order chi connectivity index (χ1) is 19.8. The second-order valence-electron chi connectivity index (χ2n) is 13.2. The summed E-state index contributed by atoms with van der Waals surface area (Å²) in [5, 5.41) is 35.7. The standard InChI is InChI=1S/C32H40O10/c1-16-18-8-9-21-30-15-41-32(37,27(36)25(30)29(2,3)12-11-22(30)33)31(21,26(16)35)28(18)42-23(34)10-7-17-13-19(38-4)24(40-6)20(14-17)39-5/h7,10,13-14,18,21-22,25,27-28,33,36-37H,1,8-9,11-12,15H2,2-6H3/b10-7+/t18-,21-,22-,25+,27-,28+,30+,31-,32+/m0/s1. The van der Waals surface area contributed by atoms with Crippen LogP contribution in [-0.4, -0.2) is 79.1 Å². The molecule has 0 aromatic heterocycles. The van der Waals surface area contributed by atoms with E-state index in [1.165, 1.54) is 33.5 Å². The Morgan fingerprint density at radius 1 is 1.07 bits per heavy atom. The van der Waals surface area contributed by atoms with E-state index in [-0.39, 0.29) is 12.2 Å². The maximum atomic E-state index is 14.2. The molecule has 2 spiro atoms. The summed E-state index contributed by atoms with van der Waals surface area (Å²) >= 11 is 0. The largest absolute Gasteiger partial charge is 0.493 e. The zero-order valence-electron chi connectivity index (χ0n) is 24.7. The van der Waals surface area contributed by atoms with Gasteiger partial charge in [0.2, 0.25) is 11.5 Å². The summed E-state index contributed by atoms with van der Waals surface area (Å²) in [6, 6.07) is 3.35. The van der Waals surface area contributed by atoms with Gasteiger partial charge in [0.15, 0.2) is 17.3 Å². The maximum absolute atomic E-state index is 14.2. The predicted molar refractivity (Wildman–Crippen MR) is 150 cm³/mol. The molecule has 7 rings (SSSR count). The molecule has 2 aliphatic heterocycles. The van der Waals surface area contributed by atoms with Gasteiger partial charge in [-0.05, 0) is 66.4 Å². The van der Waals surface area contributed by atoms with Gasteiger partial charge in [-0.25, -0.2) is 4.79 Å². The molecule has 9 atom stereocenters. The molecule has 4 bridgehead atoms. The Labute approximate surface area is 245 Å². The predicted octanol–water partition coefficient (Wildman–Crippen LogP) is 2.67. The monoisotopic (exact) mass is 584 g/mol. The van der Waals surface area contributed by atoms with Crippen LogP contribution < -0.4 is 14.2 Å². The summed E-state index contributed by atoms with van der Waals surface area (Å²) in [7, 11) is 4.48. The molecule has 42 heavy (non-hydrogen) atoms. The van der Waals surface area contributed by atoms with E-state index in [1.54, 1.807) is 12.1 Å². The Morgan fingerprint density at radius 3 is 2.36 bits per heavy atom. The van der Waals surface area contributed by atoms with Gasteiger partial charge in [0.05, 0.1) is 34.0 Å². The molecule has 2 saturated heterocycles. The van der Waals surface area contributed by atoms with Crippen LogP contribution in [0, 0.1) is 34.0 Å². The number of hydrogen-bond donors (Lipinski definition) is 3. The maximum Gasteiger partial charge on any atom is 0.331 e. The van der Waals surface area contributed by atoms with Gasteiger partial charge in [-0.15, -0.1) is 0 Å². The van der Waals surface area contributed by atoms with Crippen molar-refractivity contribution in [2.45, 2.75) is 63.6 Å². The van der Waals surface area contributed by atoms with Crippen LogP contribution in [0.15, 0.2) is 30.4 Å². The highest BCUT2D eigenvalue weighted by Gasteiger charge is 2.87. The van der Waals surface area contributed by atoms with Crippen molar-refractivity contribution < 1.29 is 48.6 Å². The van der Waals surface area contributed by atoms with E-state index in [9.17, 15) is 24.9 Å². The van der Waals surface area contributed by atoms with Crippen LogP contribution in [0.3, 0.4) is 0 Å². The lowest BCUT2D eigenvalue weighted by molar-refractivity contribution is -0.458. The van der Waals surface area contributed by atoms with Gasteiger partial charge in [0.25, 0.3) is 0 Å². The zero-order chi connectivity index (χ0) is 30.4. The van der Waals surface area contributed by atoms with Crippen molar-refractivity contribution in [2.24, 2.45) is 34.0 Å². The van der Waals surface area contributed by atoms with Crippen molar-refractivity contribution in [3.63, 3.8) is 0 Å². The van der Waals surface area contributed by atoms with Gasteiger partial charge < -0.3 is 39.0 Å². The van der Waals surface area contributed by atoms with Crippen LogP contribution in [0.4, 0.5) is 0 Å². The van der Waals surface area contributed by atoms with Crippen LogP contribution in [-0.2, 0) is 19.1 Å². The second-order valence-corrected chi connectivity index (χ2v) is 13.2. The molecular weight excluding hydrogens is 544 g/mol. The molecule has 4 aliphatic carbocycles. The number of rotatable bonds is 6. The summed E-state index contributed by atoms with van der Waals surface area (Å²) in [4.78, 5) is 27.6. The third kappa shape index (κ3) is 3.40. The molecule has 228 valence electrons. The molecule has 4 saturated carbocycles. The minimum atomic E-state index is -2.31. The molecule has 0 amide bonds. The number of hydrogen-bond acceptors (Lipinski definition) is 10. The summed E-state index contributed by atoms with van der Waals surface area (Å²) in [5.74, 6) is -3.92. The number of esters is 1. The van der Waals surface area contributed by atoms with E-state index in [0.29, 0.717) is 48.5 Å². The number of aliphatic hydroxyl groups is 3. The molecule has 3 N–H and O–H groups in total. The van der Waals surface area contributed by atoms with Gasteiger partial charge in [0, 0.05) is 23.3 Å². The number of methoxy groups -OCH3 is 3. The Hall–Kier alpha value is -2.92. The highest BCUT2D eigenvalue weighted by Crippen LogP contribution is 2.76. The average Bonchev–Trinajstić information content (AvgIpc) is 3.08. The molecule has 1 aromatic rings. The molecule has 0 unspecified atom stereocenters. The molecule has 2 heterocycles. The van der Waals surface area contributed by atoms with E-state index in [0.717, 1.165) is 0 Å². The third-order valence-corrected chi connectivity index (χ3v) is 11.2. The average molecular weight is 585 g/mol. The smallest absolute Gasteiger partial charge is 0.331 e. The zero-order valence-corrected chi connectivity index (χ0v) is 24.7. The van der Waals surface area contributed by atoms with Crippen LogP contribution in [0.25, 0.3) is 6.08 Å². The molecule has 6 fully saturated rings. The van der Waals surface area contributed by atoms with Gasteiger partial charge in [-0.2, -0.15) is 0 Å². The number of aliphatic hydroxyl groups excluding tert-OH is 2. The molecule has 10 heteroatoms. The first-order valence-electron chi connectivity index (χ1n) is 14.5. The molecule has 0 radical (unpaired) electrons. The van der Waals surface area contributed by atoms with E-state index in [1.807, 2.05) is 13.8 Å². The molecule has 1 aromatic carbocycles. The van der Waals surface area contributed by atoms with Crippen molar-refractivity contribution >= 4 is 17.8 Å². The Balaban J connectivity index is 1.39. The molecule has 6 aliphatic rings. The van der Waals surface area contributed by atoms with Crippen molar-refractivity contribution in [1.29, 1.82) is 0 Å². The fourth-order valence-electron chi connectivity index (χ4n) is 9.56. The number of benzene rings is 1. The summed E-state index contributed by atoms with van der Waals surface area (Å²) < 4.78 is 28.3. The normalized spacial score (nSPS) is 41.3. The fourth-order valence-corrected chi connectivity index (χ4v) is 9.56.